The van der Waals surface area contributed by atoms with E-state index in [0.717, 1.165) is 63.7 Å². The quantitative estimate of drug-likeness (QED) is 0.188. The van der Waals surface area contributed by atoms with Gasteiger partial charge in [0.05, 0.1) is 24.6 Å². The van der Waals surface area contributed by atoms with E-state index < -0.39 is 5.97 Å². The molecule has 1 aromatic carbocycles. The number of hydrogen-bond donors (Lipinski definition) is 1. The van der Waals surface area contributed by atoms with Crippen LogP contribution in [0.5, 0.6) is 5.75 Å². The summed E-state index contributed by atoms with van der Waals surface area (Å²) in [5.74, 6) is 0.328. The highest BCUT2D eigenvalue weighted by molar-refractivity contribution is 6.15. The summed E-state index contributed by atoms with van der Waals surface area (Å²) in [4.78, 5) is 20.5. The summed E-state index contributed by atoms with van der Waals surface area (Å²) in [6.07, 6.45) is 15.9. The minimum atomic E-state index is -0.897. The maximum absolute atomic E-state index is 11.7. The molecule has 34 heavy (non-hydrogen) atoms. The van der Waals surface area contributed by atoms with Crippen LogP contribution in [0.15, 0.2) is 42.7 Å². The van der Waals surface area contributed by atoms with Gasteiger partial charge >= 0.3 is 5.97 Å². The second kappa shape index (κ2) is 16.8. The Kier molecular flexibility index (Phi) is 13.6. The van der Waals surface area contributed by atoms with Crippen molar-refractivity contribution in [2.45, 2.75) is 78.1 Å². The van der Waals surface area contributed by atoms with Gasteiger partial charge < -0.3 is 14.6 Å². The van der Waals surface area contributed by atoms with E-state index in [1.807, 2.05) is 30.3 Å². The van der Waals surface area contributed by atoms with Gasteiger partial charge in [0.25, 0.3) is 0 Å². The molecule has 6 nitrogen and oxygen atoms in total. The van der Waals surface area contributed by atoms with E-state index in [4.69, 9.17) is 9.47 Å². The number of nitrogens with zero attached hydrogens (tertiary/aromatic N) is 2. The van der Waals surface area contributed by atoms with Crippen molar-refractivity contribution in [1.82, 2.24) is 9.97 Å². The zero-order valence-electron chi connectivity index (χ0n) is 20.8. The lowest BCUT2D eigenvalue weighted by atomic mass is 10.0. The highest BCUT2D eigenvalue weighted by Gasteiger charge is 2.11. The fourth-order valence-corrected chi connectivity index (χ4v) is 3.51. The lowest BCUT2D eigenvalue weighted by Crippen LogP contribution is -2.02. The van der Waals surface area contributed by atoms with Crippen molar-refractivity contribution < 1.29 is 19.4 Å². The highest BCUT2D eigenvalue weighted by Crippen LogP contribution is 2.22. The number of hydrogen-bond acceptors (Lipinski definition) is 5. The molecule has 2 rings (SSSR count). The van der Waals surface area contributed by atoms with Crippen LogP contribution < -0.4 is 4.74 Å². The first-order valence-corrected chi connectivity index (χ1v) is 12.7. The van der Waals surface area contributed by atoms with E-state index in [1.54, 1.807) is 12.4 Å². The Morgan fingerprint density at radius 2 is 1.50 bits per heavy atom. The van der Waals surface area contributed by atoms with Crippen LogP contribution in [0.25, 0.3) is 17.0 Å². The monoisotopic (exact) mass is 468 g/mol. The summed E-state index contributed by atoms with van der Waals surface area (Å²) in [5.41, 5.74) is 1.88. The number of aromatic nitrogens is 2. The average molecular weight is 469 g/mol. The van der Waals surface area contributed by atoms with Crippen LogP contribution in [0.3, 0.4) is 0 Å². The molecular formula is C28H40N2O4. The lowest BCUT2D eigenvalue weighted by molar-refractivity contribution is -0.130. The van der Waals surface area contributed by atoms with Crippen molar-refractivity contribution in [2.24, 2.45) is 0 Å². The van der Waals surface area contributed by atoms with Crippen LogP contribution >= 0.6 is 0 Å². The first-order valence-electron chi connectivity index (χ1n) is 12.7. The summed E-state index contributed by atoms with van der Waals surface area (Å²) in [5, 5.41) is 9.62. The standard InChI is InChI=1S/C28H40N2O4/c1-3-5-7-8-9-10-13-26(28(31)32)23-14-16-24(17-15-23)27-29-21-25(22-30-27)34-20-12-11-19-33-18-6-4-2/h13-17,21-22H,3-12,18-20H2,1-2H3,(H,31,32). The van der Waals surface area contributed by atoms with E-state index in [2.05, 4.69) is 23.8 Å². The lowest BCUT2D eigenvalue weighted by Gasteiger charge is -2.08. The maximum atomic E-state index is 11.7. The summed E-state index contributed by atoms with van der Waals surface area (Å²) in [6.45, 7) is 6.56. The first-order chi connectivity index (χ1) is 16.7. The van der Waals surface area contributed by atoms with Gasteiger partial charge in [-0.25, -0.2) is 14.8 Å². The zero-order valence-corrected chi connectivity index (χ0v) is 20.8. The smallest absolute Gasteiger partial charge is 0.335 e. The van der Waals surface area contributed by atoms with Gasteiger partial charge in [-0.15, -0.1) is 0 Å². The summed E-state index contributed by atoms with van der Waals surface area (Å²) >= 11 is 0. The molecule has 0 spiro atoms. The van der Waals surface area contributed by atoms with E-state index in [0.29, 0.717) is 29.3 Å². The number of carbonyl (C=O) groups is 1. The largest absolute Gasteiger partial charge is 0.490 e. The van der Waals surface area contributed by atoms with Gasteiger partial charge in [-0.05, 0) is 37.7 Å². The van der Waals surface area contributed by atoms with Gasteiger partial charge in [0.2, 0.25) is 0 Å². The van der Waals surface area contributed by atoms with Crippen LogP contribution in [0.1, 0.15) is 83.6 Å². The fourth-order valence-electron chi connectivity index (χ4n) is 3.51. The Morgan fingerprint density at radius 1 is 0.853 bits per heavy atom. The maximum Gasteiger partial charge on any atom is 0.335 e. The van der Waals surface area contributed by atoms with Gasteiger partial charge in [-0.1, -0.05) is 76.3 Å². The number of aliphatic carboxylic acids is 1. The molecule has 0 aliphatic rings. The highest BCUT2D eigenvalue weighted by atomic mass is 16.5. The molecule has 0 radical (unpaired) electrons. The normalized spacial score (nSPS) is 11.5. The minimum Gasteiger partial charge on any atom is -0.490 e. The molecule has 6 heteroatoms. The molecule has 0 atom stereocenters. The predicted octanol–water partition coefficient (Wildman–Crippen LogP) is 6.95. The van der Waals surface area contributed by atoms with Crippen molar-refractivity contribution in [3.8, 4) is 17.1 Å². The molecule has 0 aliphatic carbocycles. The molecule has 0 bridgehead atoms. The summed E-state index contributed by atoms with van der Waals surface area (Å²) in [7, 11) is 0. The Hall–Kier alpha value is -2.73. The van der Waals surface area contributed by atoms with Gasteiger partial charge in [0.1, 0.15) is 0 Å². The molecule has 0 fully saturated rings. The molecule has 1 aromatic heterocycles. The van der Waals surface area contributed by atoms with Crippen LogP contribution in [0.2, 0.25) is 0 Å². The van der Waals surface area contributed by atoms with Crippen molar-refractivity contribution in [1.29, 1.82) is 0 Å². The van der Waals surface area contributed by atoms with Crippen LogP contribution in [-0.2, 0) is 9.53 Å². The van der Waals surface area contributed by atoms with Crippen molar-refractivity contribution in [3.05, 3.63) is 48.3 Å². The first kappa shape index (κ1) is 27.5. The minimum absolute atomic E-state index is 0.350. The molecule has 1 N–H and O–H groups in total. The fraction of sp³-hybridized carbons (Fsp3) is 0.536. The van der Waals surface area contributed by atoms with Crippen LogP contribution in [0, 0.1) is 0 Å². The molecule has 0 unspecified atom stereocenters. The SMILES string of the molecule is CCCCCCCC=C(C(=O)O)c1ccc(-c2ncc(OCCCCOCCCC)cn2)cc1. The second-order valence-electron chi connectivity index (χ2n) is 8.47. The van der Waals surface area contributed by atoms with Gasteiger partial charge in [0.15, 0.2) is 11.6 Å². The third kappa shape index (κ3) is 10.5. The molecule has 0 aliphatic heterocycles. The van der Waals surface area contributed by atoms with Gasteiger partial charge in [0, 0.05) is 18.8 Å². The van der Waals surface area contributed by atoms with E-state index >= 15 is 0 Å². The van der Waals surface area contributed by atoms with Crippen LogP contribution in [-0.4, -0.2) is 40.9 Å². The van der Waals surface area contributed by atoms with Crippen molar-refractivity contribution >= 4 is 11.5 Å². The third-order valence-corrected chi connectivity index (χ3v) is 5.56. The molecule has 0 saturated heterocycles. The van der Waals surface area contributed by atoms with Gasteiger partial charge in [-0.2, -0.15) is 0 Å². The Morgan fingerprint density at radius 3 is 2.18 bits per heavy atom. The van der Waals surface area contributed by atoms with E-state index in [-0.39, 0.29) is 0 Å². The number of carboxylic acids is 1. The molecular weight excluding hydrogens is 428 g/mol. The zero-order chi connectivity index (χ0) is 24.4. The molecule has 1 heterocycles. The summed E-state index contributed by atoms with van der Waals surface area (Å²) < 4.78 is 11.3. The Balaban J connectivity index is 1.83. The molecule has 0 amide bonds. The van der Waals surface area contributed by atoms with Crippen molar-refractivity contribution in [2.75, 3.05) is 19.8 Å². The number of rotatable bonds is 18. The van der Waals surface area contributed by atoms with Crippen LogP contribution in [0.4, 0.5) is 0 Å². The number of allylic oxidation sites excluding steroid dienone is 1. The molecule has 186 valence electrons. The van der Waals surface area contributed by atoms with Crippen molar-refractivity contribution in [3.63, 3.8) is 0 Å². The van der Waals surface area contributed by atoms with Gasteiger partial charge in [-0.3, -0.25) is 0 Å². The third-order valence-electron chi connectivity index (χ3n) is 5.56. The predicted molar refractivity (Wildman–Crippen MR) is 137 cm³/mol. The number of ether oxygens (including phenoxy) is 2. The number of carboxylic acid groups (broad SMARTS) is 1. The topological polar surface area (TPSA) is 81.5 Å². The number of unbranched alkanes of at least 4 members (excludes halogenated alkanes) is 7. The average Bonchev–Trinajstić information content (AvgIpc) is 2.85. The number of benzene rings is 1. The van der Waals surface area contributed by atoms with E-state index in [1.165, 1.54) is 19.3 Å². The Labute approximate surface area is 204 Å². The summed E-state index contributed by atoms with van der Waals surface area (Å²) in [6, 6.07) is 7.37. The molecule has 0 saturated carbocycles. The Bertz CT molecular complexity index is 848. The molecule has 2 aromatic rings. The second-order valence-corrected chi connectivity index (χ2v) is 8.47. The van der Waals surface area contributed by atoms with E-state index in [9.17, 15) is 9.90 Å².